The van der Waals surface area contributed by atoms with Gasteiger partial charge in [-0.25, -0.2) is 9.78 Å². The van der Waals surface area contributed by atoms with Gasteiger partial charge in [0.05, 0.1) is 17.3 Å². The third-order valence-corrected chi connectivity index (χ3v) is 5.58. The van der Waals surface area contributed by atoms with Crippen LogP contribution in [-0.4, -0.2) is 28.8 Å². The minimum Gasteiger partial charge on any atom is -0.396 e. The first kappa shape index (κ1) is 16.9. The Kier molecular flexibility index (Phi) is 4.87. The number of carbonyl (C=O) groups excluding carboxylic acids is 1. The molecule has 1 aliphatic carbocycles. The van der Waals surface area contributed by atoms with Gasteiger partial charge < -0.3 is 15.7 Å². The lowest BCUT2D eigenvalue weighted by Crippen LogP contribution is -2.46. The van der Waals surface area contributed by atoms with E-state index in [0.717, 1.165) is 41.2 Å². The number of nitrogens with zero attached hydrogens (tertiary/aromatic N) is 1. The normalized spacial score (nSPS) is 23.2. The molecule has 1 fully saturated rings. The lowest BCUT2D eigenvalue weighted by molar-refractivity contribution is 0.122. The van der Waals surface area contributed by atoms with Gasteiger partial charge in [-0.1, -0.05) is 25.5 Å². The third-order valence-electron chi connectivity index (χ3n) is 4.81. The first-order chi connectivity index (χ1) is 11.5. The molecule has 0 saturated heterocycles. The van der Waals surface area contributed by atoms with Crippen LogP contribution < -0.4 is 10.6 Å². The zero-order valence-corrected chi connectivity index (χ0v) is 14.8. The molecule has 1 aromatic heterocycles. The molecule has 1 aromatic carbocycles. The zero-order chi connectivity index (χ0) is 17.2. The maximum Gasteiger partial charge on any atom is 0.319 e. The highest BCUT2D eigenvalue weighted by molar-refractivity contribution is 7.09. The molecule has 1 saturated carbocycles. The molecule has 3 rings (SSSR count). The fraction of sp³-hybridized carbons (Fsp3) is 0.444. The Balaban J connectivity index is 1.60. The van der Waals surface area contributed by atoms with Crippen molar-refractivity contribution in [3.63, 3.8) is 0 Å². The first-order valence-electron chi connectivity index (χ1n) is 8.21. The number of aromatic nitrogens is 1. The van der Waals surface area contributed by atoms with Crippen molar-refractivity contribution in [1.29, 1.82) is 0 Å². The van der Waals surface area contributed by atoms with Gasteiger partial charge in [-0.2, -0.15) is 0 Å². The monoisotopic (exact) mass is 345 g/mol. The van der Waals surface area contributed by atoms with E-state index >= 15 is 0 Å². The maximum atomic E-state index is 12.2. The predicted molar refractivity (Wildman–Crippen MR) is 97.3 cm³/mol. The van der Waals surface area contributed by atoms with Crippen LogP contribution in [0.1, 0.15) is 31.2 Å². The summed E-state index contributed by atoms with van der Waals surface area (Å²) in [7, 11) is 0. The number of benzene rings is 1. The Bertz CT molecular complexity index is 713. The summed E-state index contributed by atoms with van der Waals surface area (Å²) >= 11 is 1.62. The van der Waals surface area contributed by atoms with Crippen molar-refractivity contribution in [1.82, 2.24) is 10.3 Å². The first-order valence-corrected chi connectivity index (χ1v) is 9.09. The van der Waals surface area contributed by atoms with Crippen molar-refractivity contribution in [2.24, 2.45) is 5.41 Å². The minimum atomic E-state index is -0.223. The molecule has 2 aromatic rings. The number of aryl methyl sites for hydroxylation is 1. The number of hydrogen-bond acceptors (Lipinski definition) is 4. The quantitative estimate of drug-likeness (QED) is 0.789. The molecule has 1 heterocycles. The van der Waals surface area contributed by atoms with E-state index in [0.29, 0.717) is 0 Å². The number of rotatable bonds is 4. The van der Waals surface area contributed by atoms with Gasteiger partial charge >= 0.3 is 6.03 Å². The van der Waals surface area contributed by atoms with Crippen molar-refractivity contribution >= 4 is 23.1 Å². The minimum absolute atomic E-state index is 0.0137. The van der Waals surface area contributed by atoms with E-state index in [-0.39, 0.29) is 24.1 Å². The number of amides is 2. The SMILES string of the molecule is Cc1nc(-c2ccc(NC(=O)NC3CCCC3(C)CO)cc2)cs1. The molecule has 2 amide bonds. The number of hydrogen-bond donors (Lipinski definition) is 3. The van der Waals surface area contributed by atoms with Crippen molar-refractivity contribution in [3.05, 3.63) is 34.7 Å². The Labute approximate surface area is 146 Å². The molecule has 0 bridgehead atoms. The van der Waals surface area contributed by atoms with Crippen LogP contribution in [0.25, 0.3) is 11.3 Å². The van der Waals surface area contributed by atoms with E-state index < -0.39 is 0 Å². The molecule has 24 heavy (non-hydrogen) atoms. The van der Waals surface area contributed by atoms with Crippen LogP contribution >= 0.6 is 11.3 Å². The molecule has 6 heteroatoms. The van der Waals surface area contributed by atoms with E-state index in [4.69, 9.17) is 0 Å². The van der Waals surface area contributed by atoms with E-state index in [2.05, 4.69) is 15.6 Å². The number of nitrogens with one attached hydrogen (secondary N) is 2. The highest BCUT2D eigenvalue weighted by Gasteiger charge is 2.39. The van der Waals surface area contributed by atoms with Crippen molar-refractivity contribution < 1.29 is 9.90 Å². The highest BCUT2D eigenvalue weighted by atomic mass is 32.1. The average Bonchev–Trinajstić information content (AvgIpc) is 3.15. The van der Waals surface area contributed by atoms with Gasteiger partial charge in [0.1, 0.15) is 0 Å². The fourth-order valence-electron chi connectivity index (χ4n) is 3.21. The summed E-state index contributed by atoms with van der Waals surface area (Å²) in [6, 6.07) is 7.46. The maximum absolute atomic E-state index is 12.2. The van der Waals surface area contributed by atoms with Crippen LogP contribution in [0.3, 0.4) is 0 Å². The number of thiazole rings is 1. The van der Waals surface area contributed by atoms with Crippen LogP contribution in [0.15, 0.2) is 29.6 Å². The van der Waals surface area contributed by atoms with Crippen LogP contribution in [0.2, 0.25) is 0 Å². The summed E-state index contributed by atoms with van der Waals surface area (Å²) in [5, 5.41) is 18.5. The van der Waals surface area contributed by atoms with Gasteiger partial charge in [-0.15, -0.1) is 11.3 Å². The summed E-state index contributed by atoms with van der Waals surface area (Å²) in [5.41, 5.74) is 2.52. The zero-order valence-electron chi connectivity index (χ0n) is 14.0. The molecule has 0 radical (unpaired) electrons. The van der Waals surface area contributed by atoms with E-state index in [1.807, 2.05) is 43.5 Å². The summed E-state index contributed by atoms with van der Waals surface area (Å²) < 4.78 is 0. The number of aliphatic hydroxyl groups excluding tert-OH is 1. The topological polar surface area (TPSA) is 74.2 Å². The second kappa shape index (κ2) is 6.91. The number of aliphatic hydroxyl groups is 1. The molecule has 1 aliphatic rings. The summed E-state index contributed by atoms with van der Waals surface area (Å²) in [6.07, 6.45) is 2.88. The third kappa shape index (κ3) is 3.60. The number of carbonyl (C=O) groups is 1. The number of urea groups is 1. The smallest absolute Gasteiger partial charge is 0.319 e. The second-order valence-electron chi connectivity index (χ2n) is 6.68. The van der Waals surface area contributed by atoms with Gasteiger partial charge in [0.25, 0.3) is 0 Å². The lowest BCUT2D eigenvalue weighted by atomic mass is 9.86. The van der Waals surface area contributed by atoms with Crippen LogP contribution in [0, 0.1) is 12.3 Å². The molecule has 5 nitrogen and oxygen atoms in total. The van der Waals surface area contributed by atoms with Crippen LogP contribution in [-0.2, 0) is 0 Å². The standard InChI is InChI=1S/C18H23N3O2S/c1-12-19-15(10-24-12)13-5-7-14(8-6-13)20-17(23)21-16-4-3-9-18(16,2)11-22/h5-8,10,16,22H,3-4,9,11H2,1-2H3,(H2,20,21,23). The summed E-state index contributed by atoms with van der Waals surface area (Å²) in [6.45, 7) is 4.10. The Morgan fingerprint density at radius 3 is 2.79 bits per heavy atom. The molecular weight excluding hydrogens is 322 g/mol. The van der Waals surface area contributed by atoms with Gasteiger partial charge in [0.15, 0.2) is 0 Å². The number of anilines is 1. The van der Waals surface area contributed by atoms with Gasteiger partial charge in [-0.3, -0.25) is 0 Å². The molecule has 128 valence electrons. The van der Waals surface area contributed by atoms with Crippen LogP contribution in [0.4, 0.5) is 10.5 Å². The summed E-state index contributed by atoms with van der Waals surface area (Å²) in [5.74, 6) is 0. The van der Waals surface area contributed by atoms with E-state index in [1.165, 1.54) is 0 Å². The average molecular weight is 345 g/mol. The Hall–Kier alpha value is -1.92. The highest BCUT2D eigenvalue weighted by Crippen LogP contribution is 2.37. The van der Waals surface area contributed by atoms with Crippen LogP contribution in [0.5, 0.6) is 0 Å². The van der Waals surface area contributed by atoms with E-state index in [1.54, 1.807) is 11.3 Å². The molecule has 2 unspecified atom stereocenters. The molecule has 3 N–H and O–H groups in total. The van der Waals surface area contributed by atoms with Gasteiger partial charge in [0, 0.05) is 28.1 Å². The molecule has 2 atom stereocenters. The Morgan fingerprint density at radius 1 is 1.42 bits per heavy atom. The largest absolute Gasteiger partial charge is 0.396 e. The van der Waals surface area contributed by atoms with Crippen molar-refractivity contribution in [3.8, 4) is 11.3 Å². The van der Waals surface area contributed by atoms with Crippen molar-refractivity contribution in [2.75, 3.05) is 11.9 Å². The van der Waals surface area contributed by atoms with Gasteiger partial charge in [-0.05, 0) is 31.9 Å². The lowest BCUT2D eigenvalue weighted by Gasteiger charge is -2.30. The predicted octanol–water partition coefficient (Wildman–Crippen LogP) is 3.79. The van der Waals surface area contributed by atoms with Crippen molar-refractivity contribution in [2.45, 2.75) is 39.2 Å². The Morgan fingerprint density at radius 2 is 2.17 bits per heavy atom. The molecule has 0 spiro atoms. The molecule has 0 aliphatic heterocycles. The second-order valence-corrected chi connectivity index (χ2v) is 7.75. The molecular formula is C18H23N3O2S. The fourth-order valence-corrected chi connectivity index (χ4v) is 3.84. The van der Waals surface area contributed by atoms with Gasteiger partial charge in [0.2, 0.25) is 0 Å². The van der Waals surface area contributed by atoms with E-state index in [9.17, 15) is 9.90 Å². The summed E-state index contributed by atoms with van der Waals surface area (Å²) in [4.78, 5) is 16.7.